The normalized spacial score (nSPS) is 30.1. The van der Waals surface area contributed by atoms with Crippen LogP contribution in [0.2, 0.25) is 0 Å². The maximum Gasteiger partial charge on any atom is 0.326 e. The van der Waals surface area contributed by atoms with Crippen molar-refractivity contribution in [3.63, 3.8) is 0 Å². The SMILES string of the molecule is CCNC1(C(=O)OCC)CCC(SC(C)C(C)O)C1. The lowest BCUT2D eigenvalue weighted by molar-refractivity contribution is -0.151. The van der Waals surface area contributed by atoms with Crippen molar-refractivity contribution in [3.05, 3.63) is 0 Å². The molecule has 0 spiro atoms. The summed E-state index contributed by atoms with van der Waals surface area (Å²) in [7, 11) is 0. The van der Waals surface area contributed by atoms with Gasteiger partial charge in [-0.05, 0) is 39.7 Å². The van der Waals surface area contributed by atoms with Crippen LogP contribution in [0.4, 0.5) is 0 Å². The Labute approximate surface area is 120 Å². The van der Waals surface area contributed by atoms with Crippen molar-refractivity contribution in [1.29, 1.82) is 0 Å². The van der Waals surface area contributed by atoms with Crippen molar-refractivity contribution in [3.8, 4) is 0 Å². The highest BCUT2D eigenvalue weighted by molar-refractivity contribution is 8.00. The first kappa shape index (κ1) is 16.8. The summed E-state index contributed by atoms with van der Waals surface area (Å²) < 4.78 is 5.22. The Morgan fingerprint density at radius 1 is 1.53 bits per heavy atom. The second-order valence-corrected chi connectivity index (χ2v) is 6.96. The molecule has 0 aromatic heterocycles. The van der Waals surface area contributed by atoms with Crippen LogP contribution < -0.4 is 5.32 Å². The minimum atomic E-state index is -0.513. The number of carbonyl (C=O) groups is 1. The van der Waals surface area contributed by atoms with E-state index in [9.17, 15) is 9.90 Å². The molecule has 0 bridgehead atoms. The number of esters is 1. The molecule has 1 saturated carbocycles. The summed E-state index contributed by atoms with van der Waals surface area (Å²) in [5.74, 6) is -0.121. The first-order valence-corrected chi connectivity index (χ1v) is 8.15. The number of carbonyl (C=O) groups excluding carboxylic acids is 1. The number of ether oxygens (including phenoxy) is 1. The van der Waals surface area contributed by atoms with E-state index < -0.39 is 5.54 Å². The number of thioether (sulfide) groups is 1. The zero-order valence-electron chi connectivity index (χ0n) is 12.4. The number of nitrogens with one attached hydrogen (secondary N) is 1. The molecule has 1 rings (SSSR count). The third-order valence-electron chi connectivity index (χ3n) is 3.74. The van der Waals surface area contributed by atoms with Gasteiger partial charge < -0.3 is 15.2 Å². The summed E-state index contributed by atoms with van der Waals surface area (Å²) in [5, 5.41) is 13.5. The van der Waals surface area contributed by atoms with Crippen LogP contribution in [0.5, 0.6) is 0 Å². The molecule has 4 nitrogen and oxygen atoms in total. The molecule has 5 heteroatoms. The molecule has 1 fully saturated rings. The minimum absolute atomic E-state index is 0.121. The van der Waals surface area contributed by atoms with Crippen LogP contribution in [-0.2, 0) is 9.53 Å². The molecule has 4 atom stereocenters. The Morgan fingerprint density at radius 3 is 2.74 bits per heavy atom. The third-order valence-corrected chi connectivity index (χ3v) is 5.35. The number of hydrogen-bond acceptors (Lipinski definition) is 5. The second-order valence-electron chi connectivity index (χ2n) is 5.28. The van der Waals surface area contributed by atoms with Gasteiger partial charge in [0.05, 0.1) is 12.7 Å². The van der Waals surface area contributed by atoms with Gasteiger partial charge in [0.2, 0.25) is 0 Å². The van der Waals surface area contributed by atoms with E-state index in [2.05, 4.69) is 5.32 Å². The molecule has 2 N–H and O–H groups in total. The van der Waals surface area contributed by atoms with Crippen LogP contribution in [0.1, 0.15) is 47.0 Å². The highest BCUT2D eigenvalue weighted by atomic mass is 32.2. The van der Waals surface area contributed by atoms with Crippen LogP contribution in [0, 0.1) is 0 Å². The van der Waals surface area contributed by atoms with Crippen LogP contribution in [0.15, 0.2) is 0 Å². The third kappa shape index (κ3) is 4.36. The van der Waals surface area contributed by atoms with Crippen molar-refractivity contribution in [2.24, 2.45) is 0 Å². The van der Waals surface area contributed by atoms with E-state index in [4.69, 9.17) is 4.74 Å². The maximum atomic E-state index is 12.2. The van der Waals surface area contributed by atoms with E-state index >= 15 is 0 Å². The van der Waals surface area contributed by atoms with Crippen molar-refractivity contribution < 1.29 is 14.6 Å². The van der Waals surface area contributed by atoms with Gasteiger partial charge in [-0.3, -0.25) is 4.79 Å². The highest BCUT2D eigenvalue weighted by Crippen LogP contribution is 2.40. The predicted molar refractivity (Wildman–Crippen MR) is 79.4 cm³/mol. The largest absolute Gasteiger partial charge is 0.465 e. The lowest BCUT2D eigenvalue weighted by Crippen LogP contribution is -2.51. The molecule has 112 valence electrons. The maximum absolute atomic E-state index is 12.2. The molecule has 0 aromatic rings. The number of likely N-dealkylation sites (N-methyl/N-ethyl adjacent to an activating group) is 1. The zero-order valence-corrected chi connectivity index (χ0v) is 13.3. The van der Waals surface area contributed by atoms with Gasteiger partial charge in [0.15, 0.2) is 0 Å². The van der Waals surface area contributed by atoms with E-state index in [1.165, 1.54) is 0 Å². The molecular formula is C14H27NO3S. The van der Waals surface area contributed by atoms with Gasteiger partial charge in [0, 0.05) is 10.5 Å². The average molecular weight is 289 g/mol. The van der Waals surface area contributed by atoms with Gasteiger partial charge in [-0.1, -0.05) is 13.8 Å². The number of aliphatic hydroxyl groups is 1. The molecular weight excluding hydrogens is 262 g/mol. The van der Waals surface area contributed by atoms with Crippen LogP contribution in [0.25, 0.3) is 0 Å². The zero-order chi connectivity index (χ0) is 14.5. The van der Waals surface area contributed by atoms with Crippen LogP contribution in [0.3, 0.4) is 0 Å². The predicted octanol–water partition coefficient (Wildman–Crippen LogP) is 1.95. The van der Waals surface area contributed by atoms with Crippen LogP contribution >= 0.6 is 11.8 Å². The fourth-order valence-electron chi connectivity index (χ4n) is 2.56. The molecule has 0 saturated heterocycles. The summed E-state index contributed by atoms with van der Waals surface area (Å²) in [6.45, 7) is 8.90. The van der Waals surface area contributed by atoms with E-state index in [0.717, 1.165) is 25.8 Å². The summed E-state index contributed by atoms with van der Waals surface area (Å²) in [4.78, 5) is 12.2. The molecule has 1 aliphatic rings. The molecule has 0 radical (unpaired) electrons. The molecule has 0 amide bonds. The van der Waals surface area contributed by atoms with E-state index in [0.29, 0.717) is 11.9 Å². The topological polar surface area (TPSA) is 58.6 Å². The smallest absolute Gasteiger partial charge is 0.326 e. The molecule has 19 heavy (non-hydrogen) atoms. The lowest BCUT2D eigenvalue weighted by Gasteiger charge is -2.28. The fraction of sp³-hybridized carbons (Fsp3) is 0.929. The lowest BCUT2D eigenvalue weighted by atomic mass is 9.98. The molecule has 0 heterocycles. The van der Waals surface area contributed by atoms with Crippen LogP contribution in [-0.4, -0.2) is 46.4 Å². The monoisotopic (exact) mass is 289 g/mol. The molecule has 0 aliphatic heterocycles. The van der Waals surface area contributed by atoms with Gasteiger partial charge >= 0.3 is 5.97 Å². The molecule has 4 unspecified atom stereocenters. The number of hydrogen-bond donors (Lipinski definition) is 2. The van der Waals surface area contributed by atoms with E-state index in [1.807, 2.05) is 27.7 Å². The first-order chi connectivity index (χ1) is 8.95. The summed E-state index contributed by atoms with van der Waals surface area (Å²) in [6, 6.07) is 0. The molecule has 0 aromatic carbocycles. The van der Waals surface area contributed by atoms with Crippen molar-refractivity contribution in [1.82, 2.24) is 5.32 Å². The average Bonchev–Trinajstić information content (AvgIpc) is 2.74. The van der Waals surface area contributed by atoms with Crippen molar-refractivity contribution in [2.75, 3.05) is 13.2 Å². The Kier molecular flexibility index (Phi) is 6.63. The fourth-order valence-corrected chi connectivity index (χ4v) is 4.03. The Hall–Kier alpha value is -0.260. The highest BCUT2D eigenvalue weighted by Gasteiger charge is 2.46. The minimum Gasteiger partial charge on any atom is -0.465 e. The number of aliphatic hydroxyl groups excluding tert-OH is 1. The number of rotatable bonds is 7. The second kappa shape index (κ2) is 7.50. The Bertz CT molecular complexity index is 298. The quantitative estimate of drug-likeness (QED) is 0.702. The summed E-state index contributed by atoms with van der Waals surface area (Å²) >= 11 is 1.78. The standard InChI is InChI=1S/C14H27NO3S/c1-5-15-14(13(17)18-6-2)8-7-12(9-14)19-11(4)10(3)16/h10-12,15-16H,5-9H2,1-4H3. The van der Waals surface area contributed by atoms with Crippen molar-refractivity contribution >= 4 is 17.7 Å². The van der Waals surface area contributed by atoms with Gasteiger partial charge in [-0.2, -0.15) is 11.8 Å². The Balaban J connectivity index is 2.64. The van der Waals surface area contributed by atoms with Crippen molar-refractivity contribution in [2.45, 2.75) is 69.1 Å². The van der Waals surface area contributed by atoms with Gasteiger partial charge in [0.1, 0.15) is 5.54 Å². The van der Waals surface area contributed by atoms with Gasteiger partial charge in [0.25, 0.3) is 0 Å². The van der Waals surface area contributed by atoms with Gasteiger partial charge in [-0.15, -0.1) is 0 Å². The summed E-state index contributed by atoms with van der Waals surface area (Å²) in [6.07, 6.45) is 2.29. The van der Waals surface area contributed by atoms with Gasteiger partial charge in [-0.25, -0.2) is 0 Å². The van der Waals surface area contributed by atoms with E-state index in [1.54, 1.807) is 11.8 Å². The Morgan fingerprint density at radius 2 is 2.21 bits per heavy atom. The molecule has 1 aliphatic carbocycles. The summed E-state index contributed by atoms with van der Waals surface area (Å²) in [5.41, 5.74) is -0.513. The first-order valence-electron chi connectivity index (χ1n) is 7.21. The van der Waals surface area contributed by atoms with E-state index in [-0.39, 0.29) is 17.3 Å².